The quantitative estimate of drug-likeness (QED) is 0.440. The molecule has 0 unspecified atom stereocenters. The van der Waals surface area contributed by atoms with Crippen molar-refractivity contribution in [3.05, 3.63) is 95.8 Å². The van der Waals surface area contributed by atoms with Crippen LogP contribution in [0.1, 0.15) is 23.9 Å². The number of para-hydroxylation sites is 2. The number of H-pyrrole nitrogens is 1. The molecule has 0 saturated heterocycles. The van der Waals surface area contributed by atoms with Crippen LogP contribution in [0.5, 0.6) is 5.75 Å². The molecule has 5 nitrogen and oxygen atoms in total. The lowest BCUT2D eigenvalue weighted by Crippen LogP contribution is -2.24. The lowest BCUT2D eigenvalue weighted by atomic mass is 10.1. The molecule has 0 saturated carbocycles. The molecule has 0 fully saturated rings. The summed E-state index contributed by atoms with van der Waals surface area (Å²) < 4.78 is 5.59. The molecule has 1 amide bonds. The number of carbonyl (C=O) groups is 1. The van der Waals surface area contributed by atoms with E-state index in [1.165, 1.54) is 0 Å². The number of ether oxygens (including phenoxy) is 1. The van der Waals surface area contributed by atoms with E-state index in [0.717, 1.165) is 27.9 Å². The number of rotatable bonds is 7. The SMILES string of the molecule is CCOc1cccc(/C=C(/C(=O)NCc2ccccc2)c2nc3ccccc3[nH]2)c1. The number of hydrogen-bond donors (Lipinski definition) is 2. The summed E-state index contributed by atoms with van der Waals surface area (Å²) in [6, 6.07) is 25.2. The summed E-state index contributed by atoms with van der Waals surface area (Å²) in [6.45, 7) is 2.97. The molecule has 5 heteroatoms. The summed E-state index contributed by atoms with van der Waals surface area (Å²) in [5, 5.41) is 3.00. The Labute approximate surface area is 175 Å². The molecule has 1 aromatic heterocycles. The predicted octanol–water partition coefficient (Wildman–Crippen LogP) is 4.82. The minimum atomic E-state index is -0.195. The second-order valence-corrected chi connectivity index (χ2v) is 6.83. The maximum atomic E-state index is 13.1. The molecule has 0 spiro atoms. The van der Waals surface area contributed by atoms with Crippen molar-refractivity contribution >= 4 is 28.6 Å². The molecule has 150 valence electrons. The third kappa shape index (κ3) is 4.58. The number of nitrogens with one attached hydrogen (secondary N) is 2. The van der Waals surface area contributed by atoms with E-state index in [9.17, 15) is 4.79 Å². The largest absolute Gasteiger partial charge is 0.494 e. The van der Waals surface area contributed by atoms with Gasteiger partial charge in [-0.3, -0.25) is 4.79 Å². The zero-order valence-corrected chi connectivity index (χ0v) is 16.8. The molecule has 0 aliphatic heterocycles. The topological polar surface area (TPSA) is 67.0 Å². The van der Waals surface area contributed by atoms with Gasteiger partial charge in [0, 0.05) is 6.54 Å². The van der Waals surface area contributed by atoms with Crippen LogP contribution in [0.25, 0.3) is 22.7 Å². The van der Waals surface area contributed by atoms with Gasteiger partial charge in [0.15, 0.2) is 0 Å². The Morgan fingerprint density at radius 2 is 1.83 bits per heavy atom. The average molecular weight is 397 g/mol. The van der Waals surface area contributed by atoms with Crippen LogP contribution < -0.4 is 10.1 Å². The number of carbonyl (C=O) groups excluding carboxylic acids is 1. The van der Waals surface area contributed by atoms with Crippen molar-refractivity contribution in [1.29, 1.82) is 0 Å². The molecule has 4 aromatic rings. The smallest absolute Gasteiger partial charge is 0.255 e. The van der Waals surface area contributed by atoms with Gasteiger partial charge in [-0.2, -0.15) is 0 Å². The van der Waals surface area contributed by atoms with Gasteiger partial charge in [-0.1, -0.05) is 54.6 Å². The minimum absolute atomic E-state index is 0.195. The lowest BCUT2D eigenvalue weighted by molar-refractivity contribution is -0.115. The molecular formula is C25H23N3O2. The summed E-state index contributed by atoms with van der Waals surface area (Å²) in [6.07, 6.45) is 1.83. The number of amides is 1. The number of aromatic nitrogens is 2. The van der Waals surface area contributed by atoms with Crippen LogP contribution in [0, 0.1) is 0 Å². The van der Waals surface area contributed by atoms with E-state index in [1.54, 1.807) is 0 Å². The Morgan fingerprint density at radius 1 is 1.03 bits per heavy atom. The zero-order valence-electron chi connectivity index (χ0n) is 16.8. The first-order valence-corrected chi connectivity index (χ1v) is 9.95. The zero-order chi connectivity index (χ0) is 20.8. The van der Waals surface area contributed by atoms with Crippen molar-refractivity contribution in [3.63, 3.8) is 0 Å². The molecule has 30 heavy (non-hydrogen) atoms. The number of nitrogens with zero attached hydrogens (tertiary/aromatic N) is 1. The van der Waals surface area contributed by atoms with Crippen LogP contribution in [0.15, 0.2) is 78.9 Å². The van der Waals surface area contributed by atoms with Crippen LogP contribution in [-0.4, -0.2) is 22.5 Å². The molecule has 0 bridgehead atoms. The average Bonchev–Trinajstić information content (AvgIpc) is 3.21. The summed E-state index contributed by atoms with van der Waals surface area (Å²) >= 11 is 0. The Balaban J connectivity index is 1.68. The monoisotopic (exact) mass is 397 g/mol. The van der Waals surface area contributed by atoms with Crippen molar-refractivity contribution in [2.24, 2.45) is 0 Å². The molecule has 3 aromatic carbocycles. The van der Waals surface area contributed by atoms with Crippen LogP contribution in [0.4, 0.5) is 0 Å². The van der Waals surface area contributed by atoms with Crippen molar-refractivity contribution in [1.82, 2.24) is 15.3 Å². The Kier molecular flexibility index (Phi) is 5.90. The van der Waals surface area contributed by atoms with Crippen molar-refractivity contribution in [2.45, 2.75) is 13.5 Å². The van der Waals surface area contributed by atoms with E-state index in [1.807, 2.05) is 91.9 Å². The highest BCUT2D eigenvalue weighted by Gasteiger charge is 2.16. The number of hydrogen-bond acceptors (Lipinski definition) is 3. The van der Waals surface area contributed by atoms with Gasteiger partial charge in [0.2, 0.25) is 0 Å². The van der Waals surface area contributed by atoms with Crippen molar-refractivity contribution < 1.29 is 9.53 Å². The third-order valence-electron chi connectivity index (χ3n) is 4.67. The van der Waals surface area contributed by atoms with Gasteiger partial charge in [0.05, 0.1) is 23.2 Å². The summed E-state index contributed by atoms with van der Waals surface area (Å²) in [7, 11) is 0. The molecule has 0 radical (unpaired) electrons. The number of benzene rings is 3. The lowest BCUT2D eigenvalue weighted by Gasteiger charge is -2.09. The second-order valence-electron chi connectivity index (χ2n) is 6.83. The molecule has 2 N–H and O–H groups in total. The fraction of sp³-hybridized carbons (Fsp3) is 0.120. The van der Waals surface area contributed by atoms with Gasteiger partial charge in [-0.15, -0.1) is 0 Å². The van der Waals surface area contributed by atoms with Crippen LogP contribution >= 0.6 is 0 Å². The van der Waals surface area contributed by atoms with Crippen LogP contribution in [0.2, 0.25) is 0 Å². The minimum Gasteiger partial charge on any atom is -0.494 e. The fourth-order valence-corrected chi connectivity index (χ4v) is 3.22. The van der Waals surface area contributed by atoms with Gasteiger partial charge in [-0.25, -0.2) is 4.98 Å². The number of imidazole rings is 1. The highest BCUT2D eigenvalue weighted by Crippen LogP contribution is 2.22. The van der Waals surface area contributed by atoms with E-state index in [0.29, 0.717) is 24.5 Å². The molecule has 0 aliphatic rings. The Morgan fingerprint density at radius 3 is 2.63 bits per heavy atom. The van der Waals surface area contributed by atoms with Gasteiger partial charge in [-0.05, 0) is 48.4 Å². The maximum absolute atomic E-state index is 13.1. The predicted molar refractivity (Wildman–Crippen MR) is 120 cm³/mol. The number of aromatic amines is 1. The summed E-state index contributed by atoms with van der Waals surface area (Å²) in [5.74, 6) is 1.10. The van der Waals surface area contributed by atoms with Crippen molar-refractivity contribution in [3.8, 4) is 5.75 Å². The van der Waals surface area contributed by atoms with Crippen LogP contribution in [0.3, 0.4) is 0 Å². The van der Waals surface area contributed by atoms with E-state index in [-0.39, 0.29) is 5.91 Å². The van der Waals surface area contributed by atoms with E-state index >= 15 is 0 Å². The first-order chi connectivity index (χ1) is 14.7. The Bertz CT molecular complexity index is 1150. The Hall–Kier alpha value is -3.86. The highest BCUT2D eigenvalue weighted by molar-refractivity contribution is 6.23. The maximum Gasteiger partial charge on any atom is 0.255 e. The fourth-order valence-electron chi connectivity index (χ4n) is 3.22. The molecule has 0 atom stereocenters. The first kappa shape index (κ1) is 19.5. The van der Waals surface area contributed by atoms with E-state index < -0.39 is 0 Å². The van der Waals surface area contributed by atoms with Gasteiger partial charge < -0.3 is 15.0 Å². The van der Waals surface area contributed by atoms with Gasteiger partial charge >= 0.3 is 0 Å². The second kappa shape index (κ2) is 9.09. The molecule has 4 rings (SSSR count). The highest BCUT2D eigenvalue weighted by atomic mass is 16.5. The first-order valence-electron chi connectivity index (χ1n) is 9.95. The summed E-state index contributed by atoms with van der Waals surface area (Å²) in [4.78, 5) is 21.0. The number of fused-ring (bicyclic) bond motifs is 1. The molecule has 0 aliphatic carbocycles. The molecule has 1 heterocycles. The standard InChI is InChI=1S/C25H23N3O2/c1-2-30-20-12-8-11-19(15-20)16-21(24-27-22-13-6-7-14-23(22)28-24)25(29)26-17-18-9-4-3-5-10-18/h3-16H,2,17H2,1H3,(H,26,29)(H,27,28)/b21-16+. The van der Waals surface area contributed by atoms with E-state index in [2.05, 4.69) is 15.3 Å². The van der Waals surface area contributed by atoms with Crippen molar-refractivity contribution in [2.75, 3.05) is 6.61 Å². The van der Waals surface area contributed by atoms with E-state index in [4.69, 9.17) is 4.74 Å². The summed E-state index contributed by atoms with van der Waals surface area (Å²) in [5.41, 5.74) is 4.07. The van der Waals surface area contributed by atoms with Gasteiger partial charge in [0.25, 0.3) is 5.91 Å². The molecular weight excluding hydrogens is 374 g/mol. The normalized spacial score (nSPS) is 11.4. The third-order valence-corrected chi connectivity index (χ3v) is 4.67. The van der Waals surface area contributed by atoms with Crippen LogP contribution in [-0.2, 0) is 11.3 Å². The van der Waals surface area contributed by atoms with Gasteiger partial charge in [0.1, 0.15) is 11.6 Å².